The lowest BCUT2D eigenvalue weighted by Gasteiger charge is -2.08. The largest absolute Gasteiger partial charge is 0.462 e. The van der Waals surface area contributed by atoms with E-state index in [1.807, 2.05) is 5.38 Å². The molecule has 1 aliphatic heterocycles. The van der Waals surface area contributed by atoms with Gasteiger partial charge in [-0.3, -0.25) is 4.79 Å². The van der Waals surface area contributed by atoms with E-state index in [-0.39, 0.29) is 13.4 Å². The number of hydrogen-bond acceptors (Lipinski definition) is 8. The fourth-order valence-electron chi connectivity index (χ4n) is 3.10. The first-order valence-electron chi connectivity index (χ1n) is 9.88. The molecule has 1 N–H and O–H groups in total. The minimum absolute atomic E-state index is 0.171. The van der Waals surface area contributed by atoms with E-state index in [1.54, 1.807) is 31.2 Å². The number of anilines is 1. The molecule has 162 valence electrons. The second-order valence-corrected chi connectivity index (χ2v) is 7.87. The van der Waals surface area contributed by atoms with Crippen LogP contribution in [0.25, 0.3) is 6.08 Å². The first-order chi connectivity index (χ1) is 15.0. The van der Waals surface area contributed by atoms with Gasteiger partial charge in [-0.1, -0.05) is 6.07 Å². The van der Waals surface area contributed by atoms with Gasteiger partial charge in [-0.05, 0) is 60.4 Å². The van der Waals surface area contributed by atoms with Gasteiger partial charge in [0.2, 0.25) is 6.79 Å². The highest BCUT2D eigenvalue weighted by atomic mass is 32.1. The Labute approximate surface area is 182 Å². The molecule has 1 fully saturated rings. The Hall–Kier alpha value is -3.33. The van der Waals surface area contributed by atoms with Crippen molar-refractivity contribution in [1.29, 1.82) is 0 Å². The average molecular weight is 443 g/mol. The summed E-state index contributed by atoms with van der Waals surface area (Å²) in [5, 5.41) is 4.95. The van der Waals surface area contributed by atoms with Crippen LogP contribution in [0, 0.1) is 0 Å². The van der Waals surface area contributed by atoms with Gasteiger partial charge >= 0.3 is 11.9 Å². The molecule has 1 amide bonds. The average Bonchev–Trinajstić information content (AvgIpc) is 3.35. The summed E-state index contributed by atoms with van der Waals surface area (Å²) in [6.07, 6.45) is 4.82. The smallest absolute Gasteiger partial charge is 0.341 e. The lowest BCUT2D eigenvalue weighted by Crippen LogP contribution is -2.21. The van der Waals surface area contributed by atoms with Crippen LogP contribution in [0.1, 0.15) is 47.2 Å². The molecular weight excluding hydrogens is 422 g/mol. The highest BCUT2D eigenvalue weighted by molar-refractivity contribution is 7.15. The molecule has 1 aliphatic carbocycles. The van der Waals surface area contributed by atoms with Gasteiger partial charge in [0.1, 0.15) is 5.00 Å². The van der Waals surface area contributed by atoms with E-state index in [0.717, 1.165) is 24.0 Å². The molecule has 0 saturated heterocycles. The van der Waals surface area contributed by atoms with Crippen molar-refractivity contribution in [3.05, 3.63) is 46.3 Å². The Balaban J connectivity index is 1.32. The number of hydrogen-bond donors (Lipinski definition) is 1. The number of nitrogens with one attached hydrogen (secondary N) is 1. The molecule has 9 heteroatoms. The molecule has 2 aliphatic rings. The number of esters is 2. The minimum Gasteiger partial charge on any atom is -0.462 e. The monoisotopic (exact) mass is 443 g/mol. The van der Waals surface area contributed by atoms with E-state index in [9.17, 15) is 14.4 Å². The standard InChI is InChI=1S/C22H21NO7S/c1-2-27-22(26)20-15(14-5-6-14)11-31-21(20)23-18(24)10-28-19(25)8-4-13-3-7-16-17(9-13)30-12-29-16/h3-4,7-9,11,14H,2,5-6,10,12H2,1H3,(H,23,24)/b8-4+. The van der Waals surface area contributed by atoms with Crippen molar-refractivity contribution in [2.45, 2.75) is 25.7 Å². The summed E-state index contributed by atoms with van der Waals surface area (Å²) >= 11 is 1.27. The molecule has 2 heterocycles. The fraction of sp³-hybridized carbons (Fsp3) is 0.318. The molecule has 1 aromatic carbocycles. The number of carbonyl (C=O) groups is 3. The van der Waals surface area contributed by atoms with Gasteiger partial charge in [0.25, 0.3) is 5.91 Å². The van der Waals surface area contributed by atoms with Crippen LogP contribution in [0.3, 0.4) is 0 Å². The molecule has 2 aromatic rings. The van der Waals surface area contributed by atoms with E-state index in [1.165, 1.54) is 17.4 Å². The third-order valence-electron chi connectivity index (χ3n) is 4.72. The topological polar surface area (TPSA) is 100 Å². The molecule has 0 atom stereocenters. The highest BCUT2D eigenvalue weighted by Crippen LogP contribution is 2.46. The number of amides is 1. The summed E-state index contributed by atoms with van der Waals surface area (Å²) in [6, 6.07) is 5.26. The molecule has 1 saturated carbocycles. The van der Waals surface area contributed by atoms with Crippen molar-refractivity contribution in [1.82, 2.24) is 0 Å². The van der Waals surface area contributed by atoms with Gasteiger partial charge in [0.05, 0.1) is 12.2 Å². The number of ether oxygens (including phenoxy) is 4. The van der Waals surface area contributed by atoms with Crippen molar-refractivity contribution in [3.63, 3.8) is 0 Å². The minimum atomic E-state index is -0.664. The molecule has 0 bridgehead atoms. The summed E-state index contributed by atoms with van der Waals surface area (Å²) in [7, 11) is 0. The van der Waals surface area contributed by atoms with Gasteiger partial charge in [-0.2, -0.15) is 0 Å². The SMILES string of the molecule is CCOC(=O)c1c(C2CC2)csc1NC(=O)COC(=O)/C=C/c1ccc2c(c1)OCO2. The van der Waals surface area contributed by atoms with E-state index >= 15 is 0 Å². The van der Waals surface area contributed by atoms with E-state index in [4.69, 9.17) is 18.9 Å². The predicted molar refractivity (Wildman–Crippen MR) is 113 cm³/mol. The molecule has 0 radical (unpaired) electrons. The molecule has 31 heavy (non-hydrogen) atoms. The van der Waals surface area contributed by atoms with Crippen LogP contribution < -0.4 is 14.8 Å². The Morgan fingerprint density at radius 3 is 2.77 bits per heavy atom. The third-order valence-corrected chi connectivity index (χ3v) is 5.64. The van der Waals surface area contributed by atoms with Gasteiger partial charge in [0, 0.05) is 6.08 Å². The van der Waals surface area contributed by atoms with Gasteiger partial charge in [-0.25, -0.2) is 9.59 Å². The van der Waals surface area contributed by atoms with Crippen molar-refractivity contribution in [2.75, 3.05) is 25.3 Å². The molecule has 4 rings (SSSR count). The summed E-state index contributed by atoms with van der Waals surface area (Å²) in [5.41, 5.74) is 2.04. The Bertz CT molecular complexity index is 1040. The van der Waals surface area contributed by atoms with E-state index in [2.05, 4.69) is 5.32 Å². The second kappa shape index (κ2) is 9.22. The maximum Gasteiger partial charge on any atom is 0.341 e. The first-order valence-corrected chi connectivity index (χ1v) is 10.8. The van der Waals surface area contributed by atoms with Crippen LogP contribution in [-0.4, -0.2) is 37.9 Å². The zero-order chi connectivity index (χ0) is 21.8. The second-order valence-electron chi connectivity index (χ2n) is 6.99. The lowest BCUT2D eigenvalue weighted by molar-refractivity contribution is -0.142. The fourth-order valence-corrected chi connectivity index (χ4v) is 4.15. The van der Waals surface area contributed by atoms with Crippen LogP contribution in [0.5, 0.6) is 11.5 Å². The van der Waals surface area contributed by atoms with Crippen LogP contribution in [0.2, 0.25) is 0 Å². The van der Waals surface area contributed by atoms with Gasteiger partial charge in [0.15, 0.2) is 18.1 Å². The Morgan fingerprint density at radius 1 is 1.19 bits per heavy atom. The van der Waals surface area contributed by atoms with Crippen LogP contribution >= 0.6 is 11.3 Å². The van der Waals surface area contributed by atoms with E-state index in [0.29, 0.717) is 28.0 Å². The number of thiophene rings is 1. The zero-order valence-corrected chi connectivity index (χ0v) is 17.7. The van der Waals surface area contributed by atoms with Crippen molar-refractivity contribution in [3.8, 4) is 11.5 Å². The number of carbonyl (C=O) groups excluding carboxylic acids is 3. The van der Waals surface area contributed by atoms with Gasteiger partial charge in [-0.15, -0.1) is 11.3 Å². The van der Waals surface area contributed by atoms with Crippen LogP contribution in [0.4, 0.5) is 5.00 Å². The van der Waals surface area contributed by atoms with E-state index < -0.39 is 24.5 Å². The van der Waals surface area contributed by atoms with Crippen molar-refractivity contribution < 1.29 is 33.3 Å². The molecule has 0 spiro atoms. The van der Waals surface area contributed by atoms with Crippen molar-refractivity contribution in [2.24, 2.45) is 0 Å². The maximum atomic E-state index is 12.3. The molecular formula is C22H21NO7S. The van der Waals surface area contributed by atoms with Crippen molar-refractivity contribution >= 4 is 40.3 Å². The summed E-state index contributed by atoms with van der Waals surface area (Å²) in [6.45, 7) is 1.68. The number of benzene rings is 1. The summed E-state index contributed by atoms with van der Waals surface area (Å²) < 4.78 is 20.7. The lowest BCUT2D eigenvalue weighted by atomic mass is 10.1. The third kappa shape index (κ3) is 5.05. The van der Waals surface area contributed by atoms with Gasteiger partial charge < -0.3 is 24.3 Å². The quantitative estimate of drug-likeness (QED) is 0.490. The molecule has 8 nitrogen and oxygen atoms in total. The van der Waals surface area contributed by atoms with Crippen LogP contribution in [-0.2, 0) is 19.1 Å². The predicted octanol–water partition coefficient (Wildman–Crippen LogP) is 3.73. The number of fused-ring (bicyclic) bond motifs is 1. The Kier molecular flexibility index (Phi) is 6.22. The maximum absolute atomic E-state index is 12.3. The summed E-state index contributed by atoms with van der Waals surface area (Å²) in [4.78, 5) is 36.6. The number of rotatable bonds is 8. The molecule has 0 unspecified atom stereocenters. The molecule has 1 aromatic heterocycles. The summed E-state index contributed by atoms with van der Waals surface area (Å²) in [5.74, 6) is -0.0567. The Morgan fingerprint density at radius 2 is 2.00 bits per heavy atom. The first kappa shape index (κ1) is 20.9. The van der Waals surface area contributed by atoms with Crippen LogP contribution in [0.15, 0.2) is 29.7 Å². The normalized spacial score (nSPS) is 14.5. The highest BCUT2D eigenvalue weighted by Gasteiger charge is 2.32. The zero-order valence-electron chi connectivity index (χ0n) is 16.8.